The van der Waals surface area contributed by atoms with Crippen molar-refractivity contribution < 1.29 is 0 Å². The van der Waals surface area contributed by atoms with E-state index >= 15 is 0 Å². The molecule has 2 saturated heterocycles. The van der Waals surface area contributed by atoms with Gasteiger partial charge in [0.25, 0.3) is 0 Å². The number of benzene rings is 1. The van der Waals surface area contributed by atoms with E-state index in [1.807, 2.05) is 0 Å². The Labute approximate surface area is 105 Å². The molecule has 0 aromatic heterocycles. The minimum Gasteiger partial charge on any atom is -0.306 e. The highest BCUT2D eigenvalue weighted by atomic mass is 79.9. The first-order valence-electron chi connectivity index (χ1n) is 5.98. The maximum absolute atomic E-state index is 3.77. The second-order valence-corrected chi connectivity index (χ2v) is 5.95. The normalized spacial score (nSPS) is 32.2. The fourth-order valence-corrected chi connectivity index (χ4v) is 3.11. The molecule has 0 spiro atoms. The smallest absolute Gasteiger partial charge is 0.0336 e. The van der Waals surface area contributed by atoms with Crippen LogP contribution in [0.5, 0.6) is 0 Å². The lowest BCUT2D eigenvalue weighted by atomic mass is 9.95. The molecule has 2 fully saturated rings. The van der Waals surface area contributed by atoms with Crippen LogP contribution < -0.4 is 5.32 Å². The molecule has 86 valence electrons. The van der Waals surface area contributed by atoms with E-state index in [0.29, 0.717) is 5.54 Å². The van der Waals surface area contributed by atoms with Gasteiger partial charge in [0.05, 0.1) is 0 Å². The standard InChI is InChI=1S/C13H17BrN2/c14-12-3-1-11(2-4-12)9-15-13-5-7-16(10-13)8-6-13/h1-4,15H,5-10H2. The van der Waals surface area contributed by atoms with Crippen molar-refractivity contribution in [3.05, 3.63) is 34.3 Å². The van der Waals surface area contributed by atoms with Crippen molar-refractivity contribution in [1.82, 2.24) is 10.2 Å². The number of fused-ring (bicyclic) bond motifs is 2. The van der Waals surface area contributed by atoms with E-state index in [1.165, 1.54) is 38.0 Å². The lowest BCUT2D eigenvalue weighted by Gasteiger charge is -2.26. The number of hydrogen-bond donors (Lipinski definition) is 1. The molecule has 0 unspecified atom stereocenters. The molecule has 16 heavy (non-hydrogen) atoms. The third-order valence-corrected chi connectivity index (χ3v) is 4.45. The van der Waals surface area contributed by atoms with Crippen LogP contribution in [0.2, 0.25) is 0 Å². The Morgan fingerprint density at radius 1 is 1.19 bits per heavy atom. The maximum atomic E-state index is 3.77. The minimum atomic E-state index is 0.424. The zero-order valence-corrected chi connectivity index (χ0v) is 11.0. The van der Waals surface area contributed by atoms with Crippen LogP contribution in [0.4, 0.5) is 0 Å². The molecule has 2 aliphatic rings. The fraction of sp³-hybridized carbons (Fsp3) is 0.538. The third-order valence-electron chi connectivity index (χ3n) is 3.92. The summed E-state index contributed by atoms with van der Waals surface area (Å²) >= 11 is 3.47. The van der Waals surface area contributed by atoms with Gasteiger partial charge >= 0.3 is 0 Å². The monoisotopic (exact) mass is 280 g/mol. The zero-order valence-electron chi connectivity index (χ0n) is 9.38. The molecule has 1 aromatic rings. The highest BCUT2D eigenvalue weighted by Gasteiger charge is 2.42. The summed E-state index contributed by atoms with van der Waals surface area (Å²) in [5, 5.41) is 3.77. The summed E-state index contributed by atoms with van der Waals surface area (Å²) in [5.74, 6) is 0. The predicted molar refractivity (Wildman–Crippen MR) is 69.4 cm³/mol. The van der Waals surface area contributed by atoms with Gasteiger partial charge in [0.2, 0.25) is 0 Å². The van der Waals surface area contributed by atoms with Crippen molar-refractivity contribution >= 4 is 15.9 Å². The van der Waals surface area contributed by atoms with Crippen LogP contribution >= 0.6 is 15.9 Å². The number of nitrogens with one attached hydrogen (secondary N) is 1. The number of nitrogens with zero attached hydrogens (tertiary/aromatic N) is 1. The average Bonchev–Trinajstić information content (AvgIpc) is 2.89. The van der Waals surface area contributed by atoms with E-state index < -0.39 is 0 Å². The van der Waals surface area contributed by atoms with Crippen LogP contribution in [0, 0.1) is 0 Å². The molecule has 1 N–H and O–H groups in total. The SMILES string of the molecule is Brc1ccc(CNC23CCN(CC2)C3)cc1. The Hall–Kier alpha value is -0.380. The number of halogens is 1. The molecule has 3 heteroatoms. The van der Waals surface area contributed by atoms with Crippen molar-refractivity contribution in [2.24, 2.45) is 0 Å². The van der Waals surface area contributed by atoms with Gasteiger partial charge in [-0.25, -0.2) is 0 Å². The molecule has 2 aliphatic heterocycles. The predicted octanol–water partition coefficient (Wildman–Crippen LogP) is 2.39. The molecule has 3 rings (SSSR count). The third kappa shape index (κ3) is 2.04. The average molecular weight is 281 g/mol. The van der Waals surface area contributed by atoms with Gasteiger partial charge in [-0.3, -0.25) is 0 Å². The molecule has 0 radical (unpaired) electrons. The Morgan fingerprint density at radius 3 is 2.44 bits per heavy atom. The van der Waals surface area contributed by atoms with Crippen molar-refractivity contribution in [1.29, 1.82) is 0 Å². The second kappa shape index (κ2) is 4.13. The molecule has 0 saturated carbocycles. The van der Waals surface area contributed by atoms with Gasteiger partial charge in [-0.2, -0.15) is 0 Å². The van der Waals surface area contributed by atoms with E-state index in [2.05, 4.69) is 50.4 Å². The molecule has 1 aromatic carbocycles. The van der Waals surface area contributed by atoms with Gasteiger partial charge < -0.3 is 10.2 Å². The van der Waals surface area contributed by atoms with Crippen LogP contribution in [-0.2, 0) is 6.54 Å². The molecular weight excluding hydrogens is 264 g/mol. The number of piperidine rings is 1. The van der Waals surface area contributed by atoms with Crippen molar-refractivity contribution in [3.8, 4) is 0 Å². The summed E-state index contributed by atoms with van der Waals surface area (Å²) in [5.41, 5.74) is 1.80. The molecule has 2 nitrogen and oxygen atoms in total. The lowest BCUT2D eigenvalue weighted by Crippen LogP contribution is -2.43. The van der Waals surface area contributed by atoms with Gasteiger partial charge in [-0.15, -0.1) is 0 Å². The number of rotatable bonds is 3. The molecule has 2 heterocycles. The summed E-state index contributed by atoms with van der Waals surface area (Å²) in [4.78, 5) is 2.56. The van der Waals surface area contributed by atoms with E-state index in [0.717, 1.165) is 11.0 Å². The Kier molecular flexibility index (Phi) is 2.78. The van der Waals surface area contributed by atoms with Crippen LogP contribution in [0.25, 0.3) is 0 Å². The van der Waals surface area contributed by atoms with Gasteiger partial charge in [0.15, 0.2) is 0 Å². The zero-order chi connectivity index (χ0) is 11.0. The van der Waals surface area contributed by atoms with Gasteiger partial charge in [0.1, 0.15) is 0 Å². The highest BCUT2D eigenvalue weighted by Crippen LogP contribution is 2.32. The summed E-state index contributed by atoms with van der Waals surface area (Å²) in [7, 11) is 0. The molecular formula is C13H17BrN2. The van der Waals surface area contributed by atoms with Crippen molar-refractivity contribution in [3.63, 3.8) is 0 Å². The van der Waals surface area contributed by atoms with Crippen LogP contribution in [0.1, 0.15) is 18.4 Å². The second-order valence-electron chi connectivity index (χ2n) is 5.04. The summed E-state index contributed by atoms with van der Waals surface area (Å²) < 4.78 is 1.15. The van der Waals surface area contributed by atoms with E-state index in [1.54, 1.807) is 0 Å². The Balaban J connectivity index is 1.62. The van der Waals surface area contributed by atoms with Crippen LogP contribution in [0.3, 0.4) is 0 Å². The van der Waals surface area contributed by atoms with Gasteiger partial charge in [0, 0.05) is 36.2 Å². The van der Waals surface area contributed by atoms with Crippen molar-refractivity contribution in [2.45, 2.75) is 24.9 Å². The van der Waals surface area contributed by atoms with Crippen LogP contribution in [0.15, 0.2) is 28.7 Å². The lowest BCUT2D eigenvalue weighted by molar-refractivity contribution is 0.338. The Bertz CT molecular complexity index is 366. The fourth-order valence-electron chi connectivity index (χ4n) is 2.85. The van der Waals surface area contributed by atoms with Crippen LogP contribution in [-0.4, -0.2) is 30.1 Å². The molecule has 2 bridgehead atoms. The van der Waals surface area contributed by atoms with Crippen molar-refractivity contribution in [2.75, 3.05) is 19.6 Å². The first-order chi connectivity index (χ1) is 7.76. The quantitative estimate of drug-likeness (QED) is 0.915. The maximum Gasteiger partial charge on any atom is 0.0336 e. The first-order valence-corrected chi connectivity index (χ1v) is 6.77. The Morgan fingerprint density at radius 2 is 1.88 bits per heavy atom. The summed E-state index contributed by atoms with van der Waals surface area (Å²) in [6.45, 7) is 4.82. The topological polar surface area (TPSA) is 15.3 Å². The summed E-state index contributed by atoms with van der Waals surface area (Å²) in [6.07, 6.45) is 2.65. The van der Waals surface area contributed by atoms with Gasteiger partial charge in [-0.1, -0.05) is 28.1 Å². The number of hydrogen-bond acceptors (Lipinski definition) is 2. The van der Waals surface area contributed by atoms with E-state index in [4.69, 9.17) is 0 Å². The minimum absolute atomic E-state index is 0.424. The molecule has 0 aliphatic carbocycles. The summed E-state index contributed by atoms with van der Waals surface area (Å²) in [6, 6.07) is 8.61. The largest absolute Gasteiger partial charge is 0.306 e. The highest BCUT2D eigenvalue weighted by molar-refractivity contribution is 9.10. The first kappa shape index (κ1) is 10.8. The molecule has 0 atom stereocenters. The van der Waals surface area contributed by atoms with E-state index in [9.17, 15) is 0 Å². The van der Waals surface area contributed by atoms with E-state index in [-0.39, 0.29) is 0 Å². The van der Waals surface area contributed by atoms with Gasteiger partial charge in [-0.05, 0) is 30.5 Å². The molecule has 0 amide bonds.